The normalized spacial score (nSPS) is 21.8. The number of hydrogen-bond acceptors (Lipinski definition) is 5. The van der Waals surface area contributed by atoms with Gasteiger partial charge in [-0.25, -0.2) is 16.8 Å². The molecule has 1 aliphatic carbocycles. The third kappa shape index (κ3) is 4.70. The van der Waals surface area contributed by atoms with Crippen molar-refractivity contribution in [2.24, 2.45) is 0 Å². The van der Waals surface area contributed by atoms with E-state index in [1.807, 2.05) is 6.07 Å². The highest BCUT2D eigenvalue weighted by Crippen LogP contribution is 2.25. The van der Waals surface area contributed by atoms with Gasteiger partial charge in [-0.2, -0.15) is 4.31 Å². The van der Waals surface area contributed by atoms with Gasteiger partial charge in [-0.15, -0.1) is 0 Å². The Morgan fingerprint density at radius 3 is 2.56 bits per heavy atom. The molecule has 1 N–H and O–H groups in total. The number of fused-ring (bicyclic) bond motifs is 1. The summed E-state index contributed by atoms with van der Waals surface area (Å²) in [5.41, 5.74) is 2.27. The van der Waals surface area contributed by atoms with Crippen molar-refractivity contribution < 1.29 is 21.6 Å². The van der Waals surface area contributed by atoms with Crippen LogP contribution in [-0.2, 0) is 37.5 Å². The number of carbonyl (C=O) groups excluding carboxylic acids is 1. The summed E-state index contributed by atoms with van der Waals surface area (Å²) in [4.78, 5) is 12.5. The second kappa shape index (κ2) is 7.89. The fraction of sp³-hybridized carbons (Fsp3) is 0.611. The Morgan fingerprint density at radius 1 is 1.22 bits per heavy atom. The zero-order valence-corrected chi connectivity index (χ0v) is 17.1. The summed E-state index contributed by atoms with van der Waals surface area (Å²) in [6.07, 6.45) is 4.40. The van der Waals surface area contributed by atoms with E-state index in [9.17, 15) is 21.6 Å². The number of benzene rings is 1. The molecule has 3 rings (SSSR count). The molecule has 1 unspecified atom stereocenters. The molecule has 0 saturated carbocycles. The zero-order chi connectivity index (χ0) is 19.7. The van der Waals surface area contributed by atoms with Crippen LogP contribution in [0.25, 0.3) is 0 Å². The van der Waals surface area contributed by atoms with Gasteiger partial charge in [0.2, 0.25) is 15.9 Å². The standard InChI is InChI=1S/C18H26N2O5S2/c1-2-20(12-18(21)19-16-9-10-26(22,23)13-16)27(24,25)17-8-7-14-5-3-4-6-15(14)11-17/h7-8,11,16H,2-6,9-10,12-13H2,1H3,(H,19,21). The van der Waals surface area contributed by atoms with Gasteiger partial charge in [-0.3, -0.25) is 4.79 Å². The lowest BCUT2D eigenvalue weighted by Gasteiger charge is -2.23. The van der Waals surface area contributed by atoms with Gasteiger partial charge in [0.25, 0.3) is 0 Å². The number of nitrogens with zero attached hydrogens (tertiary/aromatic N) is 1. The fourth-order valence-electron chi connectivity index (χ4n) is 3.73. The molecule has 0 spiro atoms. The van der Waals surface area contributed by atoms with Crippen LogP contribution in [0.5, 0.6) is 0 Å². The van der Waals surface area contributed by atoms with Gasteiger partial charge in [-0.05, 0) is 55.4 Å². The van der Waals surface area contributed by atoms with E-state index in [1.165, 1.54) is 5.56 Å². The Labute approximate surface area is 161 Å². The monoisotopic (exact) mass is 414 g/mol. The first-order chi connectivity index (χ1) is 12.7. The van der Waals surface area contributed by atoms with Gasteiger partial charge in [0.05, 0.1) is 22.9 Å². The molecular weight excluding hydrogens is 388 g/mol. The molecule has 7 nitrogen and oxygen atoms in total. The third-order valence-corrected chi connectivity index (χ3v) is 8.91. The maximum Gasteiger partial charge on any atom is 0.243 e. The predicted molar refractivity (Wildman–Crippen MR) is 103 cm³/mol. The number of nitrogens with one attached hydrogen (secondary N) is 1. The van der Waals surface area contributed by atoms with E-state index in [2.05, 4.69) is 5.32 Å². The zero-order valence-electron chi connectivity index (χ0n) is 15.5. The molecule has 1 atom stereocenters. The van der Waals surface area contributed by atoms with Crippen molar-refractivity contribution in [2.75, 3.05) is 24.6 Å². The van der Waals surface area contributed by atoms with Gasteiger partial charge in [0, 0.05) is 12.6 Å². The summed E-state index contributed by atoms with van der Waals surface area (Å²) in [6, 6.07) is 4.78. The number of rotatable bonds is 6. The molecule has 1 aromatic rings. The highest BCUT2D eigenvalue weighted by Gasteiger charge is 2.31. The predicted octanol–water partition coefficient (Wildman–Crippen LogP) is 0.879. The second-order valence-corrected chi connectivity index (χ2v) is 11.4. The topological polar surface area (TPSA) is 101 Å². The van der Waals surface area contributed by atoms with Crippen molar-refractivity contribution in [3.8, 4) is 0 Å². The van der Waals surface area contributed by atoms with E-state index >= 15 is 0 Å². The molecule has 1 fully saturated rings. The maximum absolute atomic E-state index is 13.0. The van der Waals surface area contributed by atoms with E-state index in [0.29, 0.717) is 6.42 Å². The molecule has 0 aromatic heterocycles. The number of amides is 1. The fourth-order valence-corrected chi connectivity index (χ4v) is 6.86. The lowest BCUT2D eigenvalue weighted by Crippen LogP contribution is -2.44. The minimum absolute atomic E-state index is 0.0584. The molecular formula is C18H26N2O5S2. The largest absolute Gasteiger partial charge is 0.351 e. The van der Waals surface area contributed by atoms with Gasteiger partial charge in [-0.1, -0.05) is 13.0 Å². The van der Waals surface area contributed by atoms with Crippen LogP contribution < -0.4 is 5.32 Å². The van der Waals surface area contributed by atoms with Crippen molar-refractivity contribution in [3.05, 3.63) is 29.3 Å². The summed E-state index contributed by atoms with van der Waals surface area (Å²) in [5.74, 6) is -0.494. The summed E-state index contributed by atoms with van der Waals surface area (Å²) in [5, 5.41) is 2.65. The minimum atomic E-state index is -3.78. The molecule has 1 aromatic carbocycles. The Morgan fingerprint density at radius 2 is 1.93 bits per heavy atom. The summed E-state index contributed by atoms with van der Waals surface area (Å²) in [6.45, 7) is 1.53. The summed E-state index contributed by atoms with van der Waals surface area (Å²) in [7, 11) is -6.88. The molecule has 1 heterocycles. The number of likely N-dealkylation sites (N-methyl/N-ethyl adjacent to an activating group) is 1. The number of sulfone groups is 1. The number of hydrogen-bond donors (Lipinski definition) is 1. The van der Waals surface area contributed by atoms with Crippen molar-refractivity contribution in [1.82, 2.24) is 9.62 Å². The SMILES string of the molecule is CCN(CC(=O)NC1CCS(=O)(=O)C1)S(=O)(=O)c1ccc2c(c1)CCCC2. The van der Waals surface area contributed by atoms with E-state index in [0.717, 1.165) is 35.6 Å². The van der Waals surface area contributed by atoms with Gasteiger partial charge in [0.1, 0.15) is 0 Å². The van der Waals surface area contributed by atoms with Gasteiger partial charge < -0.3 is 5.32 Å². The molecule has 1 amide bonds. The van der Waals surface area contributed by atoms with E-state index < -0.39 is 31.8 Å². The van der Waals surface area contributed by atoms with Crippen LogP contribution >= 0.6 is 0 Å². The van der Waals surface area contributed by atoms with Crippen molar-refractivity contribution in [2.45, 2.75) is 50.0 Å². The Bertz CT molecular complexity index is 925. The Kier molecular flexibility index (Phi) is 5.93. The van der Waals surface area contributed by atoms with Crippen molar-refractivity contribution in [3.63, 3.8) is 0 Å². The van der Waals surface area contributed by atoms with E-state index in [1.54, 1.807) is 19.1 Å². The van der Waals surface area contributed by atoms with Crippen LogP contribution in [0.2, 0.25) is 0 Å². The number of carbonyl (C=O) groups is 1. The average Bonchev–Trinajstić information content (AvgIpc) is 2.97. The number of sulfonamides is 1. The van der Waals surface area contributed by atoms with Gasteiger partial charge >= 0.3 is 0 Å². The van der Waals surface area contributed by atoms with Crippen molar-refractivity contribution in [1.29, 1.82) is 0 Å². The highest BCUT2D eigenvalue weighted by atomic mass is 32.2. The van der Waals surface area contributed by atoms with Crippen LogP contribution in [0.4, 0.5) is 0 Å². The van der Waals surface area contributed by atoms with E-state index in [-0.39, 0.29) is 29.5 Å². The average molecular weight is 415 g/mol. The maximum atomic E-state index is 13.0. The Balaban J connectivity index is 1.71. The van der Waals surface area contributed by atoms with Crippen molar-refractivity contribution >= 4 is 25.8 Å². The third-order valence-electron chi connectivity index (χ3n) is 5.23. The second-order valence-electron chi connectivity index (χ2n) is 7.24. The molecule has 150 valence electrons. The summed E-state index contributed by atoms with van der Waals surface area (Å²) < 4.78 is 50.1. The first-order valence-corrected chi connectivity index (χ1v) is 12.6. The lowest BCUT2D eigenvalue weighted by molar-refractivity contribution is -0.121. The molecule has 1 aliphatic heterocycles. The quantitative estimate of drug-likeness (QED) is 0.745. The first kappa shape index (κ1) is 20.3. The summed E-state index contributed by atoms with van der Waals surface area (Å²) >= 11 is 0. The van der Waals surface area contributed by atoms with Crippen LogP contribution in [-0.4, -0.2) is 57.7 Å². The van der Waals surface area contributed by atoms with Crippen LogP contribution in [0, 0.1) is 0 Å². The molecule has 1 saturated heterocycles. The molecule has 9 heteroatoms. The molecule has 0 radical (unpaired) electrons. The van der Waals surface area contributed by atoms with E-state index in [4.69, 9.17) is 0 Å². The van der Waals surface area contributed by atoms with Crippen LogP contribution in [0.3, 0.4) is 0 Å². The Hall–Kier alpha value is -1.45. The minimum Gasteiger partial charge on any atom is -0.351 e. The van der Waals surface area contributed by atoms with Gasteiger partial charge in [0.15, 0.2) is 9.84 Å². The first-order valence-electron chi connectivity index (χ1n) is 9.33. The smallest absolute Gasteiger partial charge is 0.243 e. The molecule has 27 heavy (non-hydrogen) atoms. The molecule has 2 aliphatic rings. The number of aryl methyl sites for hydroxylation is 2. The van der Waals surface area contributed by atoms with Crippen LogP contribution in [0.15, 0.2) is 23.1 Å². The molecule has 0 bridgehead atoms. The highest BCUT2D eigenvalue weighted by molar-refractivity contribution is 7.91. The lowest BCUT2D eigenvalue weighted by atomic mass is 9.92. The van der Waals surface area contributed by atoms with Crippen LogP contribution in [0.1, 0.15) is 37.3 Å².